The molecular formula is C27H20F2N6O. The fourth-order valence-corrected chi connectivity index (χ4v) is 3.98. The molecule has 2 unspecified atom stereocenters. The minimum Gasteiger partial charge on any atom is -0.347 e. The lowest BCUT2D eigenvalue weighted by atomic mass is 10.1. The molecule has 0 radical (unpaired) electrons. The molecule has 36 heavy (non-hydrogen) atoms. The number of amides is 1. The van der Waals surface area contributed by atoms with E-state index in [0.717, 1.165) is 22.2 Å². The highest BCUT2D eigenvalue weighted by molar-refractivity contribution is 5.94. The van der Waals surface area contributed by atoms with Crippen LogP contribution in [-0.2, 0) is 4.79 Å². The molecule has 0 bridgehead atoms. The van der Waals surface area contributed by atoms with Gasteiger partial charge < -0.3 is 10.6 Å². The Morgan fingerprint density at radius 3 is 2.83 bits per heavy atom. The van der Waals surface area contributed by atoms with E-state index in [2.05, 4.69) is 25.8 Å². The van der Waals surface area contributed by atoms with Gasteiger partial charge in [0.25, 0.3) is 0 Å². The van der Waals surface area contributed by atoms with E-state index < -0.39 is 12.0 Å². The van der Waals surface area contributed by atoms with Crippen molar-refractivity contribution in [1.82, 2.24) is 25.5 Å². The van der Waals surface area contributed by atoms with Gasteiger partial charge in [-0.25, -0.2) is 18.7 Å². The smallest absolute Gasteiger partial charge is 0.244 e. The van der Waals surface area contributed by atoms with Crippen molar-refractivity contribution >= 4 is 45.3 Å². The highest BCUT2D eigenvalue weighted by atomic mass is 19.1. The number of aromatic amines is 1. The third kappa shape index (κ3) is 4.50. The van der Waals surface area contributed by atoms with E-state index in [1.54, 1.807) is 18.3 Å². The first kappa shape index (κ1) is 21.8. The van der Waals surface area contributed by atoms with Gasteiger partial charge in [0.05, 0.1) is 23.3 Å². The number of benzene rings is 3. The Bertz CT molecular complexity index is 1650. The minimum atomic E-state index is -0.954. The van der Waals surface area contributed by atoms with Gasteiger partial charge in [-0.2, -0.15) is 5.10 Å². The predicted octanol–water partition coefficient (Wildman–Crippen LogP) is 5.30. The van der Waals surface area contributed by atoms with Gasteiger partial charge in [-0.15, -0.1) is 0 Å². The van der Waals surface area contributed by atoms with Crippen LogP contribution < -0.4 is 10.6 Å². The third-order valence-electron chi connectivity index (χ3n) is 5.97. The molecule has 9 heteroatoms. The highest BCUT2D eigenvalue weighted by Crippen LogP contribution is 2.29. The standard InChI is InChI=1S/C27H20F2N6O/c28-18-5-7-20-23(12-18)33-26(34-27(20)31-19-6-8-22-17(11-19)14-30-35-22)16-3-1-2-15(10-16)4-9-25(36)32-24-13-21(24)29/h1-12,14,21,24H,13H2,(H,30,35)(H,32,36)(H,31,33,34)/b9-4+. The summed E-state index contributed by atoms with van der Waals surface area (Å²) >= 11 is 0. The topological polar surface area (TPSA) is 95.6 Å². The van der Waals surface area contributed by atoms with E-state index in [1.807, 2.05) is 42.5 Å². The molecular weight excluding hydrogens is 462 g/mol. The zero-order valence-electron chi connectivity index (χ0n) is 18.9. The van der Waals surface area contributed by atoms with Crippen molar-refractivity contribution in [3.05, 3.63) is 84.3 Å². The number of nitrogens with one attached hydrogen (secondary N) is 3. The van der Waals surface area contributed by atoms with Crippen LogP contribution in [0.15, 0.2) is 72.9 Å². The Morgan fingerprint density at radius 1 is 1.08 bits per heavy atom. The molecule has 0 saturated heterocycles. The average molecular weight is 482 g/mol. The number of alkyl halides is 1. The molecule has 178 valence electrons. The number of nitrogens with zero attached hydrogens (tertiary/aromatic N) is 3. The van der Waals surface area contributed by atoms with Crippen LogP contribution in [-0.4, -0.2) is 38.3 Å². The summed E-state index contributed by atoms with van der Waals surface area (Å²) in [5.74, 6) is 0.192. The number of halogens is 2. The van der Waals surface area contributed by atoms with Gasteiger partial charge in [-0.1, -0.05) is 18.2 Å². The van der Waals surface area contributed by atoms with Gasteiger partial charge in [-0.3, -0.25) is 9.89 Å². The van der Waals surface area contributed by atoms with E-state index >= 15 is 0 Å². The van der Waals surface area contributed by atoms with Crippen LogP contribution in [0.25, 0.3) is 39.3 Å². The normalized spacial score (nSPS) is 17.1. The number of hydrogen-bond donors (Lipinski definition) is 3. The average Bonchev–Trinajstić information content (AvgIpc) is 3.35. The van der Waals surface area contributed by atoms with Crippen LogP contribution >= 0.6 is 0 Å². The lowest BCUT2D eigenvalue weighted by Gasteiger charge is -2.12. The summed E-state index contributed by atoms with van der Waals surface area (Å²) in [6.07, 6.45) is 4.17. The van der Waals surface area contributed by atoms with E-state index in [-0.39, 0.29) is 11.9 Å². The van der Waals surface area contributed by atoms with Crippen LogP contribution in [0.5, 0.6) is 0 Å². The maximum absolute atomic E-state index is 14.1. The summed E-state index contributed by atoms with van der Waals surface area (Å²) in [6.45, 7) is 0. The van der Waals surface area contributed by atoms with Gasteiger partial charge >= 0.3 is 0 Å². The molecule has 1 aliphatic carbocycles. The highest BCUT2D eigenvalue weighted by Gasteiger charge is 2.38. The SMILES string of the molecule is O=C(/C=C/c1cccc(-c2nc(Nc3ccc4[nH]ncc4c3)c3ccc(F)cc3n2)c1)NC1CC1F. The molecule has 0 aliphatic heterocycles. The molecule has 3 aromatic carbocycles. The number of rotatable bonds is 6. The molecule has 3 N–H and O–H groups in total. The summed E-state index contributed by atoms with van der Waals surface area (Å²) < 4.78 is 27.1. The largest absolute Gasteiger partial charge is 0.347 e. The molecule has 1 saturated carbocycles. The fraction of sp³-hybridized carbons (Fsp3) is 0.111. The van der Waals surface area contributed by atoms with Crippen LogP contribution in [0.1, 0.15) is 12.0 Å². The van der Waals surface area contributed by atoms with Crippen molar-refractivity contribution < 1.29 is 13.6 Å². The number of carbonyl (C=O) groups excluding carboxylic acids is 1. The van der Waals surface area contributed by atoms with Crippen LogP contribution in [0.2, 0.25) is 0 Å². The van der Waals surface area contributed by atoms with Crippen molar-refractivity contribution in [1.29, 1.82) is 0 Å². The summed E-state index contributed by atoms with van der Waals surface area (Å²) in [4.78, 5) is 21.3. The van der Waals surface area contributed by atoms with Gasteiger partial charge in [-0.05, 0) is 48.0 Å². The quantitative estimate of drug-likeness (QED) is 0.286. The fourth-order valence-electron chi connectivity index (χ4n) is 3.98. The van der Waals surface area contributed by atoms with Gasteiger partial charge in [0.2, 0.25) is 5.91 Å². The lowest BCUT2D eigenvalue weighted by Crippen LogP contribution is -2.24. The summed E-state index contributed by atoms with van der Waals surface area (Å²) in [7, 11) is 0. The molecule has 2 heterocycles. The first-order valence-corrected chi connectivity index (χ1v) is 11.4. The lowest BCUT2D eigenvalue weighted by molar-refractivity contribution is -0.116. The summed E-state index contributed by atoms with van der Waals surface area (Å²) in [6, 6.07) is 17.1. The summed E-state index contributed by atoms with van der Waals surface area (Å²) in [5, 5.41) is 14.5. The number of anilines is 2. The Kier molecular flexibility index (Phi) is 5.37. The predicted molar refractivity (Wildman–Crippen MR) is 135 cm³/mol. The minimum absolute atomic E-state index is 0.343. The first-order valence-electron chi connectivity index (χ1n) is 11.4. The second kappa shape index (κ2) is 8.84. The van der Waals surface area contributed by atoms with Gasteiger partial charge in [0.1, 0.15) is 17.8 Å². The van der Waals surface area contributed by atoms with Gasteiger partial charge in [0.15, 0.2) is 5.82 Å². The van der Waals surface area contributed by atoms with E-state index in [0.29, 0.717) is 34.5 Å². The maximum Gasteiger partial charge on any atom is 0.244 e. The van der Waals surface area contributed by atoms with Crippen LogP contribution in [0.4, 0.5) is 20.3 Å². The molecule has 1 amide bonds. The molecule has 5 aromatic rings. The Morgan fingerprint density at radius 2 is 1.97 bits per heavy atom. The molecule has 1 aliphatic rings. The van der Waals surface area contributed by atoms with E-state index in [1.165, 1.54) is 18.2 Å². The first-order chi connectivity index (χ1) is 17.5. The molecule has 1 fully saturated rings. The van der Waals surface area contributed by atoms with E-state index in [4.69, 9.17) is 4.98 Å². The molecule has 7 nitrogen and oxygen atoms in total. The zero-order chi connectivity index (χ0) is 24.6. The van der Waals surface area contributed by atoms with Crippen molar-refractivity contribution in [2.75, 3.05) is 5.32 Å². The van der Waals surface area contributed by atoms with Crippen LogP contribution in [0, 0.1) is 5.82 Å². The van der Waals surface area contributed by atoms with E-state index in [9.17, 15) is 13.6 Å². The number of hydrogen-bond acceptors (Lipinski definition) is 5. The van der Waals surface area contributed by atoms with Crippen molar-refractivity contribution in [2.24, 2.45) is 0 Å². The van der Waals surface area contributed by atoms with Crippen molar-refractivity contribution in [3.63, 3.8) is 0 Å². The third-order valence-corrected chi connectivity index (χ3v) is 5.97. The Balaban J connectivity index is 1.34. The second-order valence-electron chi connectivity index (χ2n) is 8.68. The molecule has 6 rings (SSSR count). The molecule has 2 atom stereocenters. The number of H-pyrrole nitrogens is 1. The Hall–Kier alpha value is -4.66. The number of aromatic nitrogens is 4. The zero-order valence-corrected chi connectivity index (χ0v) is 18.9. The van der Waals surface area contributed by atoms with Crippen molar-refractivity contribution in [2.45, 2.75) is 18.6 Å². The molecule has 2 aromatic heterocycles. The number of fused-ring (bicyclic) bond motifs is 2. The Labute approximate surface area is 204 Å². The maximum atomic E-state index is 14.1. The van der Waals surface area contributed by atoms with Crippen LogP contribution in [0.3, 0.4) is 0 Å². The number of carbonyl (C=O) groups is 1. The molecule has 0 spiro atoms. The monoisotopic (exact) mass is 482 g/mol. The second-order valence-corrected chi connectivity index (χ2v) is 8.68. The van der Waals surface area contributed by atoms with Crippen molar-refractivity contribution in [3.8, 4) is 11.4 Å². The van der Waals surface area contributed by atoms with Gasteiger partial charge in [0, 0.05) is 40.6 Å². The summed E-state index contributed by atoms with van der Waals surface area (Å²) in [5.41, 5.74) is 3.61.